The number of anilines is 1. The number of amides is 1. The van der Waals surface area contributed by atoms with Gasteiger partial charge in [-0.1, -0.05) is 6.07 Å². The van der Waals surface area contributed by atoms with Gasteiger partial charge in [0.05, 0.1) is 13.7 Å². The number of ether oxygens (including phenoxy) is 2. The second-order valence-corrected chi connectivity index (χ2v) is 8.22. The number of nitrogens with zero attached hydrogens (tertiary/aromatic N) is 1. The van der Waals surface area contributed by atoms with Gasteiger partial charge < -0.3 is 14.8 Å². The van der Waals surface area contributed by atoms with Gasteiger partial charge in [0.1, 0.15) is 10.6 Å². The highest BCUT2D eigenvalue weighted by Crippen LogP contribution is 2.29. The molecule has 0 aromatic heterocycles. The van der Waals surface area contributed by atoms with E-state index in [1.807, 2.05) is 0 Å². The molecule has 0 atom stereocenters. The van der Waals surface area contributed by atoms with Gasteiger partial charge in [-0.05, 0) is 48.9 Å². The Hall–Kier alpha value is -2.91. The van der Waals surface area contributed by atoms with Crippen LogP contribution >= 0.6 is 0 Å². The molecule has 2 aromatic rings. The predicted octanol–water partition coefficient (Wildman–Crippen LogP) is 3.14. The lowest BCUT2D eigenvalue weighted by Gasteiger charge is -2.16. The van der Waals surface area contributed by atoms with Crippen LogP contribution in [0.5, 0.6) is 11.5 Å². The molecule has 0 unspecified atom stereocenters. The SMILES string of the molecule is CCOc1ccc(NC(=O)/C=C/c2ccc(OC)c(F)c2)cc1S(=O)(=O)N(C)C. The Morgan fingerprint density at radius 2 is 1.86 bits per heavy atom. The maximum Gasteiger partial charge on any atom is 0.248 e. The Balaban J connectivity index is 2.23. The molecule has 0 spiro atoms. The minimum absolute atomic E-state index is 0.0524. The first kappa shape index (κ1) is 22.4. The van der Waals surface area contributed by atoms with Crippen LogP contribution in [0.2, 0.25) is 0 Å². The average Bonchev–Trinajstić information content (AvgIpc) is 2.67. The number of halogens is 1. The first-order valence-corrected chi connectivity index (χ1v) is 10.1. The second-order valence-electron chi connectivity index (χ2n) is 6.10. The van der Waals surface area contributed by atoms with Gasteiger partial charge in [0, 0.05) is 25.9 Å². The third-order valence-electron chi connectivity index (χ3n) is 3.87. The first-order chi connectivity index (χ1) is 13.7. The van der Waals surface area contributed by atoms with E-state index in [-0.39, 0.29) is 22.1 Å². The molecule has 0 heterocycles. The molecule has 0 aliphatic heterocycles. The number of hydrogen-bond acceptors (Lipinski definition) is 5. The molecule has 156 valence electrons. The molecule has 1 N–H and O–H groups in total. The minimum atomic E-state index is -3.77. The van der Waals surface area contributed by atoms with Crippen molar-refractivity contribution in [2.24, 2.45) is 0 Å². The van der Waals surface area contributed by atoms with Crippen LogP contribution in [0.15, 0.2) is 47.4 Å². The molecule has 1 amide bonds. The number of hydrogen-bond donors (Lipinski definition) is 1. The van der Waals surface area contributed by atoms with E-state index in [0.717, 1.165) is 4.31 Å². The van der Waals surface area contributed by atoms with Crippen molar-refractivity contribution in [2.75, 3.05) is 33.1 Å². The molecular weight excluding hydrogens is 399 g/mol. The van der Waals surface area contributed by atoms with Crippen molar-refractivity contribution < 1.29 is 27.1 Å². The fourth-order valence-corrected chi connectivity index (χ4v) is 3.45. The van der Waals surface area contributed by atoms with Crippen LogP contribution in [0.4, 0.5) is 10.1 Å². The lowest BCUT2D eigenvalue weighted by atomic mass is 10.2. The molecule has 0 bridgehead atoms. The van der Waals surface area contributed by atoms with Gasteiger partial charge in [-0.2, -0.15) is 0 Å². The third-order valence-corrected chi connectivity index (χ3v) is 5.71. The van der Waals surface area contributed by atoms with E-state index < -0.39 is 21.7 Å². The molecule has 29 heavy (non-hydrogen) atoms. The van der Waals surface area contributed by atoms with E-state index in [1.54, 1.807) is 19.1 Å². The van der Waals surface area contributed by atoms with E-state index in [1.165, 1.54) is 57.6 Å². The molecule has 0 fully saturated rings. The summed E-state index contributed by atoms with van der Waals surface area (Å²) in [5, 5.41) is 2.59. The van der Waals surface area contributed by atoms with E-state index in [4.69, 9.17) is 9.47 Å². The van der Waals surface area contributed by atoms with E-state index in [9.17, 15) is 17.6 Å². The van der Waals surface area contributed by atoms with E-state index in [2.05, 4.69) is 5.32 Å². The molecule has 9 heteroatoms. The van der Waals surface area contributed by atoms with Crippen molar-refractivity contribution in [2.45, 2.75) is 11.8 Å². The summed E-state index contributed by atoms with van der Waals surface area (Å²) in [6, 6.07) is 8.65. The number of benzene rings is 2. The lowest BCUT2D eigenvalue weighted by molar-refractivity contribution is -0.111. The minimum Gasteiger partial charge on any atom is -0.494 e. The average molecular weight is 422 g/mol. The van der Waals surface area contributed by atoms with Crippen LogP contribution in [0, 0.1) is 5.82 Å². The third kappa shape index (κ3) is 5.55. The lowest BCUT2D eigenvalue weighted by Crippen LogP contribution is -2.23. The van der Waals surface area contributed by atoms with Crippen molar-refractivity contribution >= 4 is 27.7 Å². The molecule has 0 radical (unpaired) electrons. The van der Waals surface area contributed by atoms with Gasteiger partial charge in [-0.15, -0.1) is 0 Å². The highest BCUT2D eigenvalue weighted by atomic mass is 32.2. The summed E-state index contributed by atoms with van der Waals surface area (Å²) in [5.41, 5.74) is 0.755. The van der Waals surface area contributed by atoms with Crippen molar-refractivity contribution in [3.05, 3.63) is 53.9 Å². The number of methoxy groups -OCH3 is 1. The van der Waals surface area contributed by atoms with Gasteiger partial charge in [0.25, 0.3) is 0 Å². The number of sulfonamides is 1. The number of carbonyl (C=O) groups excluding carboxylic acids is 1. The van der Waals surface area contributed by atoms with Crippen molar-refractivity contribution in [3.63, 3.8) is 0 Å². The molecule has 0 aliphatic carbocycles. The standard InChI is InChI=1S/C20H23FN2O5S/c1-5-28-18-10-8-15(13-19(18)29(25,26)23(2)3)22-20(24)11-7-14-6-9-17(27-4)16(21)12-14/h6-13H,5H2,1-4H3,(H,22,24)/b11-7+. The van der Waals surface area contributed by atoms with E-state index >= 15 is 0 Å². The quantitative estimate of drug-likeness (QED) is 0.661. The fraction of sp³-hybridized carbons (Fsp3) is 0.250. The van der Waals surface area contributed by atoms with Gasteiger partial charge >= 0.3 is 0 Å². The monoisotopic (exact) mass is 422 g/mol. The first-order valence-electron chi connectivity index (χ1n) is 8.71. The van der Waals surface area contributed by atoms with Gasteiger partial charge in [0.15, 0.2) is 11.6 Å². The molecule has 0 saturated carbocycles. The molecule has 2 rings (SSSR count). The predicted molar refractivity (Wildman–Crippen MR) is 109 cm³/mol. The van der Waals surface area contributed by atoms with Gasteiger partial charge in [-0.3, -0.25) is 4.79 Å². The number of carbonyl (C=O) groups is 1. The van der Waals surface area contributed by atoms with Crippen molar-refractivity contribution in [1.82, 2.24) is 4.31 Å². The summed E-state index contributed by atoms with van der Waals surface area (Å²) in [6.45, 7) is 2.04. The summed E-state index contributed by atoms with van der Waals surface area (Å²) in [6.07, 6.45) is 2.65. The fourth-order valence-electron chi connectivity index (χ4n) is 2.40. The van der Waals surface area contributed by atoms with Crippen molar-refractivity contribution in [1.29, 1.82) is 0 Å². The van der Waals surface area contributed by atoms with Crippen LogP contribution in [0.25, 0.3) is 6.08 Å². The Bertz CT molecular complexity index is 1020. The van der Waals surface area contributed by atoms with Crippen LogP contribution < -0.4 is 14.8 Å². The number of rotatable bonds is 8. The Kier molecular flexibility index (Phi) is 7.35. The molecule has 7 nitrogen and oxygen atoms in total. The number of nitrogens with one attached hydrogen (secondary N) is 1. The van der Waals surface area contributed by atoms with Crippen LogP contribution in [-0.4, -0.2) is 46.4 Å². The summed E-state index contributed by atoms with van der Waals surface area (Å²) in [7, 11) is 0.414. The largest absolute Gasteiger partial charge is 0.494 e. The Morgan fingerprint density at radius 3 is 2.45 bits per heavy atom. The van der Waals surface area contributed by atoms with Crippen LogP contribution in [0.3, 0.4) is 0 Å². The van der Waals surface area contributed by atoms with Gasteiger partial charge in [-0.25, -0.2) is 17.1 Å². The Labute approximate surface area is 169 Å². The summed E-state index contributed by atoms with van der Waals surface area (Å²) >= 11 is 0. The molecule has 0 saturated heterocycles. The Morgan fingerprint density at radius 1 is 1.17 bits per heavy atom. The molecular formula is C20H23FN2O5S. The normalized spacial score (nSPS) is 11.7. The van der Waals surface area contributed by atoms with Crippen molar-refractivity contribution in [3.8, 4) is 11.5 Å². The zero-order valence-electron chi connectivity index (χ0n) is 16.6. The highest BCUT2D eigenvalue weighted by Gasteiger charge is 2.23. The zero-order chi connectivity index (χ0) is 21.6. The summed E-state index contributed by atoms with van der Waals surface area (Å²) in [4.78, 5) is 12.1. The van der Waals surface area contributed by atoms with Crippen LogP contribution in [-0.2, 0) is 14.8 Å². The molecule has 2 aromatic carbocycles. The zero-order valence-corrected chi connectivity index (χ0v) is 17.4. The highest BCUT2D eigenvalue weighted by molar-refractivity contribution is 7.89. The maximum atomic E-state index is 13.7. The van der Waals surface area contributed by atoms with Gasteiger partial charge in [0.2, 0.25) is 15.9 Å². The van der Waals surface area contributed by atoms with E-state index in [0.29, 0.717) is 12.2 Å². The topological polar surface area (TPSA) is 84.9 Å². The maximum absolute atomic E-state index is 13.7. The summed E-state index contributed by atoms with van der Waals surface area (Å²) in [5.74, 6) is -0.738. The van der Waals surface area contributed by atoms with Crippen LogP contribution in [0.1, 0.15) is 12.5 Å². The summed E-state index contributed by atoms with van der Waals surface area (Å²) < 4.78 is 50.1. The molecule has 0 aliphatic rings. The smallest absolute Gasteiger partial charge is 0.248 e. The second kappa shape index (κ2) is 9.53.